The molecule has 2 aromatic heterocycles. The number of furan rings is 2. The lowest BCUT2D eigenvalue weighted by atomic mass is 9.32. The molecule has 4 aliphatic heterocycles. The fraction of sp³-hybridized carbons (Fsp3) is 0. The van der Waals surface area contributed by atoms with Gasteiger partial charge in [-0.15, -0.1) is 0 Å². The second kappa shape index (κ2) is 13.4. The van der Waals surface area contributed by atoms with Gasteiger partial charge in [0.15, 0.2) is 0 Å². The second-order valence-corrected chi connectivity index (χ2v) is 18.3. The molecule has 10 aromatic carbocycles. The third-order valence-corrected chi connectivity index (χ3v) is 14.8. The van der Waals surface area contributed by atoms with E-state index in [0.717, 1.165) is 134 Å². The first kappa shape index (κ1) is 36.4. The largest absolute Gasteiger partial charge is 0.468 e. The number of benzene rings is 10. The van der Waals surface area contributed by atoms with Gasteiger partial charge in [0.25, 0.3) is 6.71 Å². The minimum absolute atomic E-state index is 0.274. The highest BCUT2D eigenvalue weighted by Gasteiger charge is 2.51. The van der Waals surface area contributed by atoms with Crippen LogP contribution >= 0.6 is 0 Å². The third-order valence-electron chi connectivity index (χ3n) is 14.8. The normalized spacial score (nSPS) is 13.9. The van der Waals surface area contributed by atoms with Gasteiger partial charge < -0.3 is 28.3 Å². The first-order valence-corrected chi connectivity index (χ1v) is 23.3. The Morgan fingerprint density at radius 3 is 1.35 bits per heavy atom. The first-order valence-electron chi connectivity index (χ1n) is 23.3. The molecule has 0 unspecified atom stereocenters. The van der Waals surface area contributed by atoms with Crippen molar-refractivity contribution in [3.8, 4) is 11.5 Å². The molecule has 12 aromatic rings. The lowest BCUT2D eigenvalue weighted by Gasteiger charge is -2.44. The predicted octanol–water partition coefficient (Wildman–Crippen LogP) is 12.0. The van der Waals surface area contributed by atoms with Crippen molar-refractivity contribution in [1.29, 1.82) is 0 Å². The molecule has 6 heterocycles. The summed E-state index contributed by atoms with van der Waals surface area (Å²) in [5.41, 5.74) is 17.7. The van der Waals surface area contributed by atoms with Gasteiger partial charge in [-0.3, -0.25) is 0 Å². The van der Waals surface area contributed by atoms with Crippen LogP contribution in [0.1, 0.15) is 0 Å². The Morgan fingerprint density at radius 1 is 0.338 bits per heavy atom. The number of ether oxygens (including phenoxy) is 1. The molecule has 0 aliphatic carbocycles. The summed E-state index contributed by atoms with van der Waals surface area (Å²) in [5, 5.41) is 6.64. The van der Waals surface area contributed by atoms with Gasteiger partial charge in [-0.25, -0.2) is 0 Å². The Bertz CT molecular complexity index is 4110. The molecular formula is C60H35B2N3O3. The van der Waals surface area contributed by atoms with Gasteiger partial charge in [-0.2, -0.15) is 0 Å². The molecular weight excluding hydrogens is 832 g/mol. The molecule has 68 heavy (non-hydrogen) atoms. The molecule has 314 valence electrons. The van der Waals surface area contributed by atoms with Gasteiger partial charge in [0.05, 0.1) is 28.4 Å². The molecule has 4 aliphatic rings. The standard InChI is InChI=1S/C60H35B2N3O3/c1-4-20-38(21-5-1)63-47-35-52-46(62-54-49(33-37-19-11-13-27-42(37)58(54)66-52)65(40-24-8-3-9-25-40)57-44-29-15-17-31-51(44)68-60(57)62)34-45(47)61-53-48(32-36-18-10-12-26-41(36)55(53)63)64(39-22-6-2-7-23-39)56-43-28-14-16-30-50(43)67-59(56)61/h1-35H. The number of anilines is 9. The van der Waals surface area contributed by atoms with Crippen LogP contribution in [0.25, 0.3) is 43.5 Å². The Labute approximate surface area is 391 Å². The summed E-state index contributed by atoms with van der Waals surface area (Å²) in [6.45, 7) is -0.563. The van der Waals surface area contributed by atoms with Crippen LogP contribution < -0.4 is 52.6 Å². The van der Waals surface area contributed by atoms with Gasteiger partial charge in [-0.05, 0) is 100.0 Å². The molecule has 0 fully saturated rings. The number of rotatable bonds is 3. The van der Waals surface area contributed by atoms with Gasteiger partial charge in [0, 0.05) is 67.2 Å². The van der Waals surface area contributed by atoms with Crippen molar-refractivity contribution in [2.24, 2.45) is 0 Å². The summed E-state index contributed by atoms with van der Waals surface area (Å²) in [4.78, 5) is 7.30. The van der Waals surface area contributed by atoms with Crippen LogP contribution in [-0.2, 0) is 0 Å². The summed E-state index contributed by atoms with van der Waals surface area (Å²) in [6, 6.07) is 76.1. The number of fused-ring (bicyclic) bond motifs is 16. The van der Waals surface area contributed by atoms with Crippen LogP contribution in [-0.4, -0.2) is 13.4 Å². The zero-order chi connectivity index (χ0) is 44.2. The Kier molecular flexibility index (Phi) is 7.15. The zero-order valence-corrected chi connectivity index (χ0v) is 36.4. The van der Waals surface area contributed by atoms with Gasteiger partial charge in [-0.1, -0.05) is 133 Å². The summed E-state index contributed by atoms with van der Waals surface area (Å²) in [5.74, 6) is 1.66. The van der Waals surface area contributed by atoms with Crippen molar-refractivity contribution < 1.29 is 13.6 Å². The molecule has 0 saturated heterocycles. The van der Waals surface area contributed by atoms with Crippen molar-refractivity contribution in [2.45, 2.75) is 0 Å². The summed E-state index contributed by atoms with van der Waals surface area (Å²) < 4.78 is 22.0. The smallest absolute Gasteiger partial charge is 0.301 e. The van der Waals surface area contributed by atoms with Crippen LogP contribution in [0.3, 0.4) is 0 Å². The average Bonchev–Trinajstić information content (AvgIpc) is 3.98. The quantitative estimate of drug-likeness (QED) is 0.165. The Hall–Kier alpha value is -8.87. The number of hydrogen-bond donors (Lipinski definition) is 0. The predicted molar refractivity (Wildman–Crippen MR) is 281 cm³/mol. The van der Waals surface area contributed by atoms with Gasteiger partial charge in [0.2, 0.25) is 0 Å². The molecule has 0 saturated carbocycles. The van der Waals surface area contributed by atoms with Crippen molar-refractivity contribution in [3.05, 3.63) is 212 Å². The molecule has 16 rings (SSSR count). The van der Waals surface area contributed by atoms with Crippen LogP contribution in [0.4, 0.5) is 51.2 Å². The van der Waals surface area contributed by atoms with Crippen LogP contribution in [0, 0.1) is 0 Å². The van der Waals surface area contributed by atoms with Crippen LogP contribution in [0.15, 0.2) is 221 Å². The number of hydrogen-bond acceptors (Lipinski definition) is 6. The maximum atomic E-state index is 7.51. The van der Waals surface area contributed by atoms with E-state index in [-0.39, 0.29) is 13.4 Å². The Morgan fingerprint density at radius 2 is 0.779 bits per heavy atom. The van der Waals surface area contributed by atoms with E-state index < -0.39 is 0 Å². The maximum absolute atomic E-state index is 7.51. The molecule has 0 bridgehead atoms. The topological polar surface area (TPSA) is 45.2 Å². The molecule has 0 N–H and O–H groups in total. The zero-order valence-electron chi connectivity index (χ0n) is 36.4. The van der Waals surface area contributed by atoms with E-state index >= 15 is 0 Å². The summed E-state index contributed by atoms with van der Waals surface area (Å²) in [6.07, 6.45) is 0. The van der Waals surface area contributed by atoms with E-state index in [9.17, 15) is 0 Å². The highest BCUT2D eigenvalue weighted by molar-refractivity contribution is 7.02. The number of nitrogens with zero attached hydrogens (tertiary/aromatic N) is 3. The maximum Gasteiger partial charge on any atom is 0.301 e. The minimum Gasteiger partial charge on any atom is -0.468 e. The van der Waals surface area contributed by atoms with E-state index in [1.807, 2.05) is 0 Å². The fourth-order valence-electron chi connectivity index (χ4n) is 12.1. The van der Waals surface area contributed by atoms with Crippen molar-refractivity contribution in [1.82, 2.24) is 0 Å². The molecule has 0 radical (unpaired) electrons. The molecule has 6 nitrogen and oxygen atoms in total. The number of para-hydroxylation sites is 5. The third kappa shape index (κ3) is 4.73. The molecule has 8 heteroatoms. The van der Waals surface area contributed by atoms with Crippen molar-refractivity contribution >= 4 is 141 Å². The summed E-state index contributed by atoms with van der Waals surface area (Å²) in [7, 11) is 0. The lowest BCUT2D eigenvalue weighted by Crippen LogP contribution is -2.64. The van der Waals surface area contributed by atoms with Crippen LogP contribution in [0.2, 0.25) is 0 Å². The highest BCUT2D eigenvalue weighted by atomic mass is 16.5. The SMILES string of the molecule is c1ccc(N2c3cc4c(cc3B3c5oc6ccccc6c5N(c5ccccc5)c5cc6ccccc6c2c53)B2c3oc5ccccc5c3N(c3ccccc3)c3cc5ccccc5c(c32)O4)cc1. The van der Waals surface area contributed by atoms with E-state index in [2.05, 4.69) is 227 Å². The monoisotopic (exact) mass is 867 g/mol. The van der Waals surface area contributed by atoms with Crippen molar-refractivity contribution in [2.75, 3.05) is 14.7 Å². The minimum atomic E-state index is -0.289. The molecule has 0 spiro atoms. The van der Waals surface area contributed by atoms with Gasteiger partial charge in [0.1, 0.15) is 22.7 Å². The average molecular weight is 868 g/mol. The van der Waals surface area contributed by atoms with E-state index in [0.29, 0.717) is 0 Å². The Balaban J connectivity index is 1.05. The van der Waals surface area contributed by atoms with E-state index in [1.54, 1.807) is 0 Å². The van der Waals surface area contributed by atoms with Crippen molar-refractivity contribution in [3.63, 3.8) is 0 Å². The van der Waals surface area contributed by atoms with E-state index in [1.165, 1.54) is 5.46 Å². The van der Waals surface area contributed by atoms with Crippen LogP contribution in [0.5, 0.6) is 11.5 Å². The lowest BCUT2D eigenvalue weighted by molar-refractivity contribution is 0.493. The molecule has 0 atom stereocenters. The highest BCUT2D eigenvalue weighted by Crippen LogP contribution is 2.51. The second-order valence-electron chi connectivity index (χ2n) is 18.3. The first-order chi connectivity index (χ1) is 33.8. The fourth-order valence-corrected chi connectivity index (χ4v) is 12.1. The molecule has 0 amide bonds. The summed E-state index contributed by atoms with van der Waals surface area (Å²) >= 11 is 0. The van der Waals surface area contributed by atoms with Gasteiger partial charge >= 0.3 is 6.71 Å². The van der Waals surface area contributed by atoms with E-state index in [4.69, 9.17) is 13.6 Å².